The van der Waals surface area contributed by atoms with Crippen molar-refractivity contribution >= 4 is 57.6 Å². The van der Waals surface area contributed by atoms with Crippen LogP contribution in [0.5, 0.6) is 0 Å². The number of esters is 1. The Kier molecular flexibility index (Phi) is 8.72. The van der Waals surface area contributed by atoms with Crippen LogP contribution >= 0.6 is 11.6 Å². The number of aromatic nitrogens is 5. The fourth-order valence-corrected chi connectivity index (χ4v) is 4.47. The maximum absolute atomic E-state index is 13.4. The standard InChI is InChI=1S/C29H25ClN8O5/c1-2-43-29(42)24-14-18-13-20(9-10-21(18)33-24)32-26(39)23(12-17-6-4-3-5-7-17)35-28(41)27(40)34-22-15-19(30)8-11-25(22)38-16-31-36-37-38/h3-11,13-16,23,33H,2,12H2,1H3,(H,32,39)(H,34,40)(H,35,41). The molecule has 0 saturated carbocycles. The molecule has 1 atom stereocenters. The normalized spacial score (nSPS) is 11.5. The Morgan fingerprint density at radius 2 is 1.79 bits per heavy atom. The van der Waals surface area contributed by atoms with Crippen LogP contribution in [0.1, 0.15) is 23.0 Å². The molecule has 13 nitrogen and oxygen atoms in total. The van der Waals surface area contributed by atoms with Crippen molar-refractivity contribution in [2.45, 2.75) is 19.4 Å². The van der Waals surface area contributed by atoms with Crippen molar-refractivity contribution in [3.63, 3.8) is 0 Å². The molecule has 2 aromatic heterocycles. The zero-order chi connectivity index (χ0) is 30.3. The highest BCUT2D eigenvalue weighted by molar-refractivity contribution is 6.40. The van der Waals surface area contributed by atoms with Crippen LogP contribution in [-0.4, -0.2) is 61.5 Å². The Morgan fingerprint density at radius 1 is 0.977 bits per heavy atom. The Labute approximate surface area is 249 Å². The van der Waals surface area contributed by atoms with Gasteiger partial charge in [-0.1, -0.05) is 41.9 Å². The molecule has 0 radical (unpaired) electrons. The number of carbonyl (C=O) groups excluding carboxylic acids is 4. The Hall–Kier alpha value is -5.56. The average Bonchev–Trinajstić information content (AvgIpc) is 3.68. The Bertz CT molecular complexity index is 1790. The van der Waals surface area contributed by atoms with Crippen molar-refractivity contribution in [2.24, 2.45) is 0 Å². The summed E-state index contributed by atoms with van der Waals surface area (Å²) >= 11 is 6.11. The lowest BCUT2D eigenvalue weighted by molar-refractivity contribution is -0.137. The second-order valence-electron chi connectivity index (χ2n) is 9.28. The number of benzene rings is 3. The number of aromatic amines is 1. The number of hydrogen-bond donors (Lipinski definition) is 4. The molecular formula is C29H25ClN8O5. The van der Waals surface area contributed by atoms with Gasteiger partial charge in [-0.05, 0) is 65.4 Å². The molecule has 0 aliphatic rings. The van der Waals surface area contributed by atoms with Crippen LogP contribution in [0, 0.1) is 0 Å². The van der Waals surface area contributed by atoms with Gasteiger partial charge in [-0.15, -0.1) is 5.10 Å². The number of ether oxygens (including phenoxy) is 1. The van der Waals surface area contributed by atoms with Gasteiger partial charge in [0.25, 0.3) is 0 Å². The van der Waals surface area contributed by atoms with E-state index in [9.17, 15) is 19.2 Å². The Balaban J connectivity index is 1.33. The monoisotopic (exact) mass is 600 g/mol. The molecule has 2 heterocycles. The molecule has 0 aliphatic carbocycles. The third-order valence-corrected chi connectivity index (χ3v) is 6.53. The van der Waals surface area contributed by atoms with Gasteiger partial charge in [-0.3, -0.25) is 14.4 Å². The number of halogens is 1. The fourth-order valence-electron chi connectivity index (χ4n) is 4.30. The molecule has 0 spiro atoms. The van der Waals surface area contributed by atoms with Crippen LogP contribution < -0.4 is 16.0 Å². The molecule has 43 heavy (non-hydrogen) atoms. The number of H-pyrrole nitrogens is 1. The second-order valence-corrected chi connectivity index (χ2v) is 9.72. The predicted octanol–water partition coefficient (Wildman–Crippen LogP) is 3.28. The fraction of sp³-hybridized carbons (Fsp3) is 0.138. The lowest BCUT2D eigenvalue weighted by Gasteiger charge is -2.19. The second kappa shape index (κ2) is 13.0. The van der Waals surface area contributed by atoms with Crippen molar-refractivity contribution in [3.05, 3.63) is 95.4 Å². The molecule has 0 saturated heterocycles. The summed E-state index contributed by atoms with van der Waals surface area (Å²) in [7, 11) is 0. The topological polar surface area (TPSA) is 173 Å². The van der Waals surface area contributed by atoms with Gasteiger partial charge < -0.3 is 25.7 Å². The lowest BCUT2D eigenvalue weighted by Crippen LogP contribution is -2.49. The van der Waals surface area contributed by atoms with Crippen molar-refractivity contribution < 1.29 is 23.9 Å². The van der Waals surface area contributed by atoms with Crippen LogP contribution in [-0.2, 0) is 25.5 Å². The molecule has 0 aliphatic heterocycles. The van der Waals surface area contributed by atoms with Crippen LogP contribution in [0.4, 0.5) is 11.4 Å². The summed E-state index contributed by atoms with van der Waals surface area (Å²) in [6.07, 6.45) is 1.43. The summed E-state index contributed by atoms with van der Waals surface area (Å²) < 4.78 is 6.33. The largest absolute Gasteiger partial charge is 0.461 e. The van der Waals surface area contributed by atoms with Crippen molar-refractivity contribution in [2.75, 3.05) is 17.2 Å². The van der Waals surface area contributed by atoms with Crippen molar-refractivity contribution in [1.82, 2.24) is 30.5 Å². The summed E-state index contributed by atoms with van der Waals surface area (Å²) in [4.78, 5) is 54.5. The number of nitrogens with one attached hydrogen (secondary N) is 4. The molecule has 218 valence electrons. The molecule has 5 aromatic rings. The van der Waals surface area contributed by atoms with E-state index in [0.29, 0.717) is 27.3 Å². The number of rotatable bonds is 9. The van der Waals surface area contributed by atoms with E-state index in [0.717, 1.165) is 5.56 Å². The zero-order valence-corrected chi connectivity index (χ0v) is 23.5. The van der Waals surface area contributed by atoms with E-state index >= 15 is 0 Å². The smallest absolute Gasteiger partial charge is 0.354 e. The SMILES string of the molecule is CCOC(=O)c1cc2cc(NC(=O)C(Cc3ccccc3)NC(=O)C(=O)Nc3cc(Cl)ccc3-n3cnnn3)ccc2[nH]1. The molecule has 3 amide bonds. The number of carbonyl (C=O) groups is 4. The first-order chi connectivity index (χ1) is 20.8. The maximum atomic E-state index is 13.4. The third-order valence-electron chi connectivity index (χ3n) is 6.30. The molecule has 3 aromatic carbocycles. The number of hydrogen-bond acceptors (Lipinski definition) is 8. The van der Waals surface area contributed by atoms with Gasteiger partial charge in [-0.25, -0.2) is 4.79 Å². The molecule has 0 bridgehead atoms. The van der Waals surface area contributed by atoms with Gasteiger partial charge in [0, 0.05) is 28.0 Å². The molecule has 14 heteroatoms. The first kappa shape index (κ1) is 29.0. The molecule has 4 N–H and O–H groups in total. The Morgan fingerprint density at radius 3 is 2.53 bits per heavy atom. The number of tetrazole rings is 1. The van der Waals surface area contributed by atoms with Crippen LogP contribution in [0.15, 0.2) is 79.1 Å². The molecule has 0 fully saturated rings. The zero-order valence-electron chi connectivity index (χ0n) is 22.7. The third kappa shape index (κ3) is 7.02. The highest BCUT2D eigenvalue weighted by Crippen LogP contribution is 2.24. The molecule has 5 rings (SSSR count). The molecular weight excluding hydrogens is 576 g/mol. The van der Waals surface area contributed by atoms with E-state index in [1.807, 2.05) is 6.07 Å². The van der Waals surface area contributed by atoms with Crippen molar-refractivity contribution in [3.8, 4) is 5.69 Å². The van der Waals surface area contributed by atoms with E-state index in [1.54, 1.807) is 67.6 Å². The van der Waals surface area contributed by atoms with Crippen molar-refractivity contribution in [1.29, 1.82) is 0 Å². The number of nitrogens with zero attached hydrogens (tertiary/aromatic N) is 4. The predicted molar refractivity (Wildman–Crippen MR) is 158 cm³/mol. The van der Waals surface area contributed by atoms with Gasteiger partial charge in [0.15, 0.2) is 0 Å². The van der Waals surface area contributed by atoms with E-state index in [2.05, 4.69) is 36.5 Å². The van der Waals surface area contributed by atoms with Crippen LogP contribution in [0.2, 0.25) is 5.02 Å². The minimum absolute atomic E-state index is 0.109. The quantitative estimate of drug-likeness (QED) is 0.147. The lowest BCUT2D eigenvalue weighted by atomic mass is 10.0. The minimum Gasteiger partial charge on any atom is -0.461 e. The first-order valence-corrected chi connectivity index (χ1v) is 13.5. The number of fused-ring (bicyclic) bond motifs is 1. The van der Waals surface area contributed by atoms with E-state index < -0.39 is 29.7 Å². The number of anilines is 2. The van der Waals surface area contributed by atoms with E-state index in [4.69, 9.17) is 16.3 Å². The summed E-state index contributed by atoms with van der Waals surface area (Å²) in [6, 6.07) is 19.2. The summed E-state index contributed by atoms with van der Waals surface area (Å²) in [6.45, 7) is 1.95. The first-order valence-electron chi connectivity index (χ1n) is 13.1. The van der Waals surface area contributed by atoms with Crippen LogP contribution in [0.3, 0.4) is 0 Å². The van der Waals surface area contributed by atoms with Crippen LogP contribution in [0.25, 0.3) is 16.6 Å². The van der Waals surface area contributed by atoms with Gasteiger partial charge in [0.2, 0.25) is 5.91 Å². The summed E-state index contributed by atoms with van der Waals surface area (Å²) in [5.41, 5.74) is 2.71. The van der Waals surface area contributed by atoms with E-state index in [1.165, 1.54) is 17.1 Å². The summed E-state index contributed by atoms with van der Waals surface area (Å²) in [5, 5.41) is 19.8. The molecule has 1 unspecified atom stereocenters. The highest BCUT2D eigenvalue weighted by atomic mass is 35.5. The van der Waals surface area contributed by atoms with E-state index in [-0.39, 0.29) is 24.4 Å². The average molecular weight is 601 g/mol. The maximum Gasteiger partial charge on any atom is 0.354 e. The minimum atomic E-state index is -1.11. The van der Waals surface area contributed by atoms with Gasteiger partial charge in [0.05, 0.1) is 18.0 Å². The van der Waals surface area contributed by atoms with Gasteiger partial charge >= 0.3 is 17.8 Å². The van der Waals surface area contributed by atoms with Gasteiger partial charge in [-0.2, -0.15) is 4.68 Å². The summed E-state index contributed by atoms with van der Waals surface area (Å²) in [5.74, 6) is -3.11. The highest BCUT2D eigenvalue weighted by Gasteiger charge is 2.26. The van der Waals surface area contributed by atoms with Gasteiger partial charge in [0.1, 0.15) is 18.1 Å². The number of amides is 3.